The van der Waals surface area contributed by atoms with Crippen molar-refractivity contribution in [1.29, 1.82) is 0 Å². The highest BCUT2D eigenvalue weighted by atomic mass is 16.5. The van der Waals surface area contributed by atoms with Gasteiger partial charge in [-0.2, -0.15) is 4.98 Å². The number of pyridine rings is 1. The van der Waals surface area contributed by atoms with E-state index in [2.05, 4.69) is 4.98 Å². The topological polar surface area (TPSA) is 48.1 Å². The van der Waals surface area contributed by atoms with Gasteiger partial charge in [0.2, 0.25) is 5.88 Å². The van der Waals surface area contributed by atoms with Gasteiger partial charge in [-0.3, -0.25) is 0 Å². The number of hydrogen-bond donors (Lipinski definition) is 1. The van der Waals surface area contributed by atoms with Crippen molar-refractivity contribution in [3.8, 4) is 5.88 Å². The van der Waals surface area contributed by atoms with E-state index < -0.39 is 0 Å². The smallest absolute Gasteiger partial charge is 0.214 e. The molecule has 0 aromatic carbocycles. The molecule has 0 radical (unpaired) electrons. The molecule has 0 bridgehead atoms. The van der Waals surface area contributed by atoms with E-state index in [0.717, 1.165) is 5.56 Å². The van der Waals surface area contributed by atoms with E-state index in [-0.39, 0.29) is 0 Å². The number of anilines is 1. The van der Waals surface area contributed by atoms with E-state index >= 15 is 0 Å². The monoisotopic (exact) mass is 138 g/mol. The first-order valence-corrected chi connectivity index (χ1v) is 3.01. The van der Waals surface area contributed by atoms with E-state index in [9.17, 15) is 0 Å². The number of aryl methyl sites for hydroxylation is 1. The van der Waals surface area contributed by atoms with Gasteiger partial charge in [-0.25, -0.2) is 0 Å². The second-order valence-corrected chi connectivity index (χ2v) is 2.06. The van der Waals surface area contributed by atoms with Crippen LogP contribution in [-0.2, 0) is 0 Å². The molecule has 0 fully saturated rings. The predicted octanol–water partition coefficient (Wildman–Crippen LogP) is 0.981. The summed E-state index contributed by atoms with van der Waals surface area (Å²) >= 11 is 0. The SMILES string of the molecule is COc1ccc(C)c(N)n1. The molecule has 0 amide bonds. The standard InChI is InChI=1S/C7H10N2O/c1-5-3-4-6(10-2)9-7(5)8/h3-4H,1-2H3,(H2,8,9). The van der Waals surface area contributed by atoms with Gasteiger partial charge < -0.3 is 10.5 Å². The molecule has 3 heteroatoms. The summed E-state index contributed by atoms with van der Waals surface area (Å²) in [4.78, 5) is 3.95. The molecule has 3 nitrogen and oxygen atoms in total. The third-order valence-corrected chi connectivity index (χ3v) is 1.32. The minimum absolute atomic E-state index is 0.527. The maximum Gasteiger partial charge on any atom is 0.214 e. The van der Waals surface area contributed by atoms with Gasteiger partial charge in [0.05, 0.1) is 7.11 Å². The van der Waals surface area contributed by atoms with Crippen LogP contribution in [0.2, 0.25) is 0 Å². The molecule has 10 heavy (non-hydrogen) atoms. The number of aromatic nitrogens is 1. The molecular weight excluding hydrogens is 128 g/mol. The number of nitrogens with zero attached hydrogens (tertiary/aromatic N) is 1. The number of hydrogen-bond acceptors (Lipinski definition) is 3. The Bertz CT molecular complexity index is 235. The zero-order valence-electron chi connectivity index (χ0n) is 6.09. The van der Waals surface area contributed by atoms with Crippen molar-refractivity contribution in [3.63, 3.8) is 0 Å². The molecule has 0 aliphatic heterocycles. The second kappa shape index (κ2) is 2.56. The first-order valence-electron chi connectivity index (χ1n) is 3.01. The van der Waals surface area contributed by atoms with Crippen LogP contribution in [-0.4, -0.2) is 12.1 Å². The van der Waals surface area contributed by atoms with Crippen LogP contribution in [0.4, 0.5) is 5.82 Å². The average molecular weight is 138 g/mol. The van der Waals surface area contributed by atoms with E-state index in [0.29, 0.717) is 11.7 Å². The van der Waals surface area contributed by atoms with Crippen molar-refractivity contribution < 1.29 is 4.74 Å². The van der Waals surface area contributed by atoms with Gasteiger partial charge >= 0.3 is 0 Å². The number of rotatable bonds is 1. The molecule has 0 saturated heterocycles. The molecule has 2 N–H and O–H groups in total. The van der Waals surface area contributed by atoms with Crippen LogP contribution in [0.15, 0.2) is 12.1 Å². The van der Waals surface area contributed by atoms with Crippen molar-refractivity contribution in [2.45, 2.75) is 6.92 Å². The van der Waals surface area contributed by atoms with Crippen molar-refractivity contribution in [1.82, 2.24) is 4.98 Å². The Labute approximate surface area is 59.8 Å². The largest absolute Gasteiger partial charge is 0.481 e. The summed E-state index contributed by atoms with van der Waals surface area (Å²) in [6.07, 6.45) is 0. The van der Waals surface area contributed by atoms with Crippen LogP contribution in [0.3, 0.4) is 0 Å². The summed E-state index contributed by atoms with van der Waals surface area (Å²) in [6, 6.07) is 3.66. The Morgan fingerprint density at radius 1 is 1.50 bits per heavy atom. The Kier molecular flexibility index (Phi) is 1.76. The minimum atomic E-state index is 0.527. The van der Waals surface area contributed by atoms with Crippen LogP contribution in [0, 0.1) is 6.92 Å². The molecule has 1 aromatic rings. The average Bonchev–Trinajstić information content (AvgIpc) is 1.95. The highest BCUT2D eigenvalue weighted by Gasteiger charge is 1.95. The number of methoxy groups -OCH3 is 1. The van der Waals surface area contributed by atoms with Crippen LogP contribution >= 0.6 is 0 Å². The van der Waals surface area contributed by atoms with E-state index in [1.165, 1.54) is 0 Å². The Balaban J connectivity index is 3.04. The molecule has 1 rings (SSSR count). The summed E-state index contributed by atoms with van der Waals surface area (Å²) in [5, 5.41) is 0. The lowest BCUT2D eigenvalue weighted by atomic mass is 10.3. The Morgan fingerprint density at radius 2 is 2.20 bits per heavy atom. The maximum absolute atomic E-state index is 5.51. The van der Waals surface area contributed by atoms with Gasteiger partial charge in [-0.15, -0.1) is 0 Å². The molecule has 0 saturated carbocycles. The summed E-state index contributed by atoms with van der Waals surface area (Å²) in [5.41, 5.74) is 6.48. The van der Waals surface area contributed by atoms with Crippen molar-refractivity contribution >= 4 is 5.82 Å². The van der Waals surface area contributed by atoms with E-state index in [1.807, 2.05) is 13.0 Å². The molecule has 0 aliphatic carbocycles. The van der Waals surface area contributed by atoms with Crippen molar-refractivity contribution in [3.05, 3.63) is 17.7 Å². The van der Waals surface area contributed by atoms with Crippen LogP contribution < -0.4 is 10.5 Å². The van der Waals surface area contributed by atoms with Gasteiger partial charge in [0.25, 0.3) is 0 Å². The number of ether oxygens (including phenoxy) is 1. The maximum atomic E-state index is 5.51. The number of nitrogen functional groups attached to an aromatic ring is 1. The molecule has 0 spiro atoms. The first-order chi connectivity index (χ1) is 4.74. The van der Waals surface area contributed by atoms with Crippen molar-refractivity contribution in [2.75, 3.05) is 12.8 Å². The van der Waals surface area contributed by atoms with E-state index in [4.69, 9.17) is 10.5 Å². The molecule has 1 heterocycles. The lowest BCUT2D eigenvalue weighted by Crippen LogP contribution is -1.95. The fourth-order valence-corrected chi connectivity index (χ4v) is 0.640. The zero-order valence-corrected chi connectivity index (χ0v) is 6.09. The van der Waals surface area contributed by atoms with Gasteiger partial charge in [-0.05, 0) is 12.5 Å². The van der Waals surface area contributed by atoms with Crippen LogP contribution in [0.1, 0.15) is 5.56 Å². The normalized spacial score (nSPS) is 9.40. The number of nitrogens with two attached hydrogens (primary N) is 1. The van der Waals surface area contributed by atoms with Gasteiger partial charge in [0.15, 0.2) is 0 Å². The lowest BCUT2D eigenvalue weighted by Gasteiger charge is -2.00. The van der Waals surface area contributed by atoms with Gasteiger partial charge in [0, 0.05) is 6.07 Å². The second-order valence-electron chi connectivity index (χ2n) is 2.06. The molecule has 0 aliphatic rings. The first kappa shape index (κ1) is 6.86. The summed E-state index contributed by atoms with van der Waals surface area (Å²) in [6.45, 7) is 1.90. The van der Waals surface area contributed by atoms with Crippen LogP contribution in [0.25, 0.3) is 0 Å². The summed E-state index contributed by atoms with van der Waals surface area (Å²) < 4.78 is 4.86. The van der Waals surface area contributed by atoms with Crippen molar-refractivity contribution in [2.24, 2.45) is 0 Å². The minimum Gasteiger partial charge on any atom is -0.481 e. The summed E-state index contributed by atoms with van der Waals surface area (Å²) in [5.74, 6) is 1.09. The fraction of sp³-hybridized carbons (Fsp3) is 0.286. The molecule has 1 aromatic heterocycles. The Hall–Kier alpha value is -1.25. The summed E-state index contributed by atoms with van der Waals surface area (Å²) in [7, 11) is 1.57. The lowest BCUT2D eigenvalue weighted by molar-refractivity contribution is 0.398. The van der Waals surface area contributed by atoms with Gasteiger partial charge in [0.1, 0.15) is 5.82 Å². The highest BCUT2D eigenvalue weighted by Crippen LogP contribution is 2.12. The quantitative estimate of drug-likeness (QED) is 0.629. The fourth-order valence-electron chi connectivity index (χ4n) is 0.640. The zero-order chi connectivity index (χ0) is 7.56. The van der Waals surface area contributed by atoms with Gasteiger partial charge in [-0.1, -0.05) is 6.07 Å². The third-order valence-electron chi connectivity index (χ3n) is 1.32. The Morgan fingerprint density at radius 3 is 2.70 bits per heavy atom. The molecule has 0 atom stereocenters. The molecule has 54 valence electrons. The molecule has 0 unspecified atom stereocenters. The third kappa shape index (κ3) is 1.18. The predicted molar refractivity (Wildman–Crippen MR) is 39.9 cm³/mol. The highest BCUT2D eigenvalue weighted by molar-refractivity contribution is 5.40. The van der Waals surface area contributed by atoms with E-state index in [1.54, 1.807) is 13.2 Å². The van der Waals surface area contributed by atoms with Crippen LogP contribution in [0.5, 0.6) is 5.88 Å². The molecular formula is C7H10N2O.